The lowest BCUT2D eigenvalue weighted by atomic mass is 10.1. The lowest BCUT2D eigenvalue weighted by Crippen LogP contribution is -1.87. The van der Waals surface area contributed by atoms with Crippen molar-refractivity contribution in [3.05, 3.63) is 29.4 Å². The van der Waals surface area contributed by atoms with E-state index in [2.05, 4.69) is 21.4 Å². The summed E-state index contributed by atoms with van der Waals surface area (Å²) in [5.41, 5.74) is 3.60. The Morgan fingerprint density at radius 1 is 1.42 bits per heavy atom. The third-order valence-electron chi connectivity index (χ3n) is 2.94. The van der Waals surface area contributed by atoms with E-state index < -0.39 is 0 Å². The topological polar surface area (TPSA) is 66.5 Å². The van der Waals surface area contributed by atoms with Gasteiger partial charge in [0.15, 0.2) is 5.13 Å². The predicted molar refractivity (Wildman–Crippen MR) is 76.1 cm³/mol. The van der Waals surface area contributed by atoms with Crippen molar-refractivity contribution in [2.45, 2.75) is 0 Å². The number of imidazole rings is 1. The molecular formula is C13H11N5S. The Kier molecular flexibility index (Phi) is 2.69. The maximum Gasteiger partial charge on any atom is 0.184 e. The monoisotopic (exact) mass is 269 g/mol. The fourth-order valence-electron chi connectivity index (χ4n) is 1.98. The zero-order valence-corrected chi connectivity index (χ0v) is 11.3. The molecule has 0 spiro atoms. The highest BCUT2D eigenvalue weighted by Crippen LogP contribution is 2.31. The maximum atomic E-state index is 9.18. The summed E-state index contributed by atoms with van der Waals surface area (Å²) in [5.74, 6) is 0. The van der Waals surface area contributed by atoms with E-state index in [1.165, 1.54) is 11.3 Å². The van der Waals surface area contributed by atoms with Crippen LogP contribution in [0.3, 0.4) is 0 Å². The number of nitrogens with zero attached hydrogens (tertiary/aromatic N) is 4. The summed E-state index contributed by atoms with van der Waals surface area (Å²) in [4.78, 5) is 9.37. The van der Waals surface area contributed by atoms with Crippen molar-refractivity contribution < 1.29 is 0 Å². The molecule has 1 N–H and O–H groups in total. The Balaban J connectivity index is 2.18. The molecule has 5 nitrogen and oxygen atoms in total. The summed E-state index contributed by atoms with van der Waals surface area (Å²) in [6.07, 6.45) is 1.78. The molecule has 0 aliphatic rings. The number of thiazole rings is 1. The first-order valence-electron chi connectivity index (χ1n) is 5.73. The van der Waals surface area contributed by atoms with Crippen LogP contribution in [0.15, 0.2) is 24.5 Å². The SMILES string of the molecule is CNc1nc(-c2ccc3c(c2)ncn3C)c(C#N)s1. The summed E-state index contributed by atoms with van der Waals surface area (Å²) in [6, 6.07) is 8.12. The Morgan fingerprint density at radius 2 is 2.26 bits per heavy atom. The normalized spacial score (nSPS) is 10.6. The average Bonchev–Trinajstić information content (AvgIpc) is 3.02. The highest BCUT2D eigenvalue weighted by molar-refractivity contribution is 7.16. The van der Waals surface area contributed by atoms with Crippen LogP contribution >= 0.6 is 11.3 Å². The molecule has 6 heteroatoms. The summed E-state index contributed by atoms with van der Waals surface area (Å²) < 4.78 is 1.96. The molecule has 0 bridgehead atoms. The van der Waals surface area contributed by atoms with E-state index in [9.17, 15) is 5.26 Å². The van der Waals surface area contributed by atoms with Crippen LogP contribution in [0.2, 0.25) is 0 Å². The highest BCUT2D eigenvalue weighted by atomic mass is 32.1. The fourth-order valence-corrected chi connectivity index (χ4v) is 2.72. The van der Waals surface area contributed by atoms with Gasteiger partial charge in [0, 0.05) is 19.7 Å². The van der Waals surface area contributed by atoms with Gasteiger partial charge < -0.3 is 9.88 Å². The van der Waals surface area contributed by atoms with E-state index >= 15 is 0 Å². The Hall–Kier alpha value is -2.39. The fraction of sp³-hybridized carbons (Fsp3) is 0.154. The van der Waals surface area contributed by atoms with Crippen LogP contribution < -0.4 is 5.32 Å². The van der Waals surface area contributed by atoms with Gasteiger partial charge in [0.25, 0.3) is 0 Å². The minimum absolute atomic E-state index is 0.611. The first-order chi connectivity index (χ1) is 9.22. The van der Waals surface area contributed by atoms with Gasteiger partial charge >= 0.3 is 0 Å². The van der Waals surface area contributed by atoms with Crippen LogP contribution in [0.1, 0.15) is 4.88 Å². The molecule has 0 saturated carbocycles. The smallest absolute Gasteiger partial charge is 0.184 e. The minimum atomic E-state index is 0.611. The first kappa shape index (κ1) is 11.7. The van der Waals surface area contributed by atoms with Gasteiger partial charge in [0.05, 0.1) is 17.4 Å². The quantitative estimate of drug-likeness (QED) is 0.776. The van der Waals surface area contributed by atoms with Crippen LogP contribution in [-0.2, 0) is 7.05 Å². The molecule has 3 aromatic rings. The highest BCUT2D eigenvalue weighted by Gasteiger charge is 2.13. The summed E-state index contributed by atoms with van der Waals surface area (Å²) in [5, 5.41) is 12.9. The van der Waals surface area contributed by atoms with Crippen molar-refractivity contribution >= 4 is 27.5 Å². The van der Waals surface area contributed by atoms with E-state index in [-0.39, 0.29) is 0 Å². The number of hydrogen-bond donors (Lipinski definition) is 1. The molecule has 94 valence electrons. The zero-order chi connectivity index (χ0) is 13.4. The first-order valence-corrected chi connectivity index (χ1v) is 6.54. The molecule has 19 heavy (non-hydrogen) atoms. The van der Waals surface area contributed by atoms with Crippen LogP contribution in [-0.4, -0.2) is 21.6 Å². The molecule has 1 aromatic carbocycles. The van der Waals surface area contributed by atoms with Crippen molar-refractivity contribution in [3.8, 4) is 17.3 Å². The molecule has 0 atom stereocenters. The van der Waals surface area contributed by atoms with Gasteiger partial charge in [-0.2, -0.15) is 5.26 Å². The molecule has 0 aliphatic carbocycles. The third kappa shape index (κ3) is 1.84. The average molecular weight is 269 g/mol. The van der Waals surface area contributed by atoms with Gasteiger partial charge in [0.1, 0.15) is 16.6 Å². The molecule has 0 saturated heterocycles. The molecule has 3 rings (SSSR count). The van der Waals surface area contributed by atoms with E-state index in [4.69, 9.17) is 0 Å². The van der Waals surface area contributed by atoms with Gasteiger partial charge in [0.2, 0.25) is 0 Å². The number of aromatic nitrogens is 3. The Morgan fingerprint density at radius 3 is 3.00 bits per heavy atom. The van der Waals surface area contributed by atoms with Gasteiger partial charge in [-0.15, -0.1) is 0 Å². The summed E-state index contributed by atoms with van der Waals surface area (Å²) in [7, 11) is 3.75. The second-order valence-electron chi connectivity index (χ2n) is 4.12. The Labute approximate surface area is 114 Å². The molecule has 0 radical (unpaired) electrons. The molecule has 2 heterocycles. The largest absolute Gasteiger partial charge is 0.365 e. The van der Waals surface area contributed by atoms with Gasteiger partial charge in [-0.1, -0.05) is 17.4 Å². The zero-order valence-electron chi connectivity index (χ0n) is 10.5. The minimum Gasteiger partial charge on any atom is -0.365 e. The van der Waals surface area contributed by atoms with Crippen molar-refractivity contribution in [2.75, 3.05) is 12.4 Å². The standard InChI is InChI=1S/C13H11N5S/c1-15-13-17-12(11(6-14)19-13)8-3-4-10-9(5-8)16-7-18(10)2/h3-5,7H,1-2H3,(H,15,17). The number of anilines is 1. The van der Waals surface area contributed by atoms with Crippen LogP contribution in [0.25, 0.3) is 22.3 Å². The van der Waals surface area contributed by atoms with E-state index in [1.807, 2.05) is 29.8 Å². The second-order valence-corrected chi connectivity index (χ2v) is 5.12. The van der Waals surface area contributed by atoms with Gasteiger partial charge in [-0.25, -0.2) is 9.97 Å². The van der Waals surface area contributed by atoms with Crippen LogP contribution in [0, 0.1) is 11.3 Å². The number of rotatable bonds is 2. The number of nitrogens with one attached hydrogen (secondary N) is 1. The molecule has 2 aromatic heterocycles. The molecule has 0 amide bonds. The predicted octanol–water partition coefficient (Wildman–Crippen LogP) is 2.61. The number of nitriles is 1. The maximum absolute atomic E-state index is 9.18. The molecular weight excluding hydrogens is 258 g/mol. The van der Waals surface area contributed by atoms with Crippen molar-refractivity contribution in [1.29, 1.82) is 5.26 Å². The number of benzene rings is 1. The summed E-state index contributed by atoms with van der Waals surface area (Å²) in [6.45, 7) is 0. The van der Waals surface area contributed by atoms with Gasteiger partial charge in [-0.05, 0) is 12.1 Å². The number of fused-ring (bicyclic) bond motifs is 1. The second kappa shape index (κ2) is 4.37. The van der Waals surface area contributed by atoms with E-state index in [0.717, 1.165) is 21.7 Å². The van der Waals surface area contributed by atoms with E-state index in [0.29, 0.717) is 10.6 Å². The number of hydrogen-bond acceptors (Lipinski definition) is 5. The van der Waals surface area contributed by atoms with Crippen LogP contribution in [0.5, 0.6) is 0 Å². The molecule has 0 fully saturated rings. The van der Waals surface area contributed by atoms with Crippen molar-refractivity contribution in [1.82, 2.24) is 14.5 Å². The van der Waals surface area contributed by atoms with E-state index in [1.54, 1.807) is 13.4 Å². The molecule has 0 aliphatic heterocycles. The summed E-state index contributed by atoms with van der Waals surface area (Å²) >= 11 is 1.36. The van der Waals surface area contributed by atoms with Crippen molar-refractivity contribution in [3.63, 3.8) is 0 Å². The lowest BCUT2D eigenvalue weighted by Gasteiger charge is -1.99. The van der Waals surface area contributed by atoms with Gasteiger partial charge in [-0.3, -0.25) is 0 Å². The molecule has 0 unspecified atom stereocenters. The Bertz CT molecular complexity index is 793. The lowest BCUT2D eigenvalue weighted by molar-refractivity contribution is 0.948. The van der Waals surface area contributed by atoms with Crippen LogP contribution in [0.4, 0.5) is 5.13 Å². The third-order valence-corrected chi connectivity index (χ3v) is 3.92. The number of aryl methyl sites for hydroxylation is 1. The van der Waals surface area contributed by atoms with Crippen molar-refractivity contribution in [2.24, 2.45) is 7.05 Å².